The van der Waals surface area contributed by atoms with Gasteiger partial charge in [-0.3, -0.25) is 4.79 Å². The van der Waals surface area contributed by atoms with Crippen molar-refractivity contribution < 1.29 is 19.8 Å². The summed E-state index contributed by atoms with van der Waals surface area (Å²) >= 11 is 0. The van der Waals surface area contributed by atoms with Gasteiger partial charge in [0.25, 0.3) is 0 Å². The van der Waals surface area contributed by atoms with Crippen molar-refractivity contribution in [2.45, 2.75) is 43.7 Å². The molecular formula is C16H19NO4. The van der Waals surface area contributed by atoms with Gasteiger partial charge in [-0.2, -0.15) is 0 Å². The average Bonchev–Trinajstić information content (AvgIpc) is 2.88. The highest BCUT2D eigenvalue weighted by Crippen LogP contribution is 2.34. The van der Waals surface area contributed by atoms with Gasteiger partial charge in [0.2, 0.25) is 5.91 Å². The molecule has 5 nitrogen and oxygen atoms in total. The molecule has 2 aliphatic rings. The minimum Gasteiger partial charge on any atom is -0.480 e. The molecule has 1 aliphatic carbocycles. The van der Waals surface area contributed by atoms with E-state index in [0.717, 1.165) is 24.8 Å². The lowest BCUT2D eigenvalue weighted by Gasteiger charge is -2.30. The molecule has 1 fully saturated rings. The van der Waals surface area contributed by atoms with Gasteiger partial charge in [0.15, 0.2) is 0 Å². The monoisotopic (exact) mass is 289 g/mol. The number of aliphatic carboxylic acids is 1. The van der Waals surface area contributed by atoms with E-state index in [0.29, 0.717) is 0 Å². The Morgan fingerprint density at radius 1 is 1.24 bits per heavy atom. The molecule has 1 heterocycles. The third-order valence-corrected chi connectivity index (χ3v) is 4.51. The summed E-state index contributed by atoms with van der Waals surface area (Å²) in [5.41, 5.74) is 2.19. The van der Waals surface area contributed by atoms with Crippen LogP contribution in [0.25, 0.3) is 0 Å². The van der Waals surface area contributed by atoms with Crippen LogP contribution in [0.15, 0.2) is 24.3 Å². The Balaban J connectivity index is 1.87. The number of carboxylic acid groups (broad SMARTS) is 1. The molecule has 1 aromatic carbocycles. The van der Waals surface area contributed by atoms with Crippen molar-refractivity contribution in [2.24, 2.45) is 0 Å². The summed E-state index contributed by atoms with van der Waals surface area (Å²) in [6.07, 6.45) is 2.02. The predicted octanol–water partition coefficient (Wildman–Crippen LogP) is 1.15. The number of hydrogen-bond donors (Lipinski definition) is 2. The first kappa shape index (κ1) is 14.1. The number of benzene rings is 1. The highest BCUT2D eigenvalue weighted by molar-refractivity contribution is 5.89. The van der Waals surface area contributed by atoms with Crippen LogP contribution in [0.4, 0.5) is 0 Å². The Morgan fingerprint density at radius 2 is 2.00 bits per heavy atom. The smallest absolute Gasteiger partial charge is 0.326 e. The summed E-state index contributed by atoms with van der Waals surface area (Å²) < 4.78 is 0. The van der Waals surface area contributed by atoms with Gasteiger partial charge >= 0.3 is 5.97 Å². The van der Waals surface area contributed by atoms with Crippen LogP contribution in [-0.4, -0.2) is 45.7 Å². The number of β-amino-alcohol motifs (C(OH)–C–C–N with tert-alkyl or cyclic N) is 1. The maximum absolute atomic E-state index is 12.8. The first-order valence-corrected chi connectivity index (χ1v) is 7.37. The summed E-state index contributed by atoms with van der Waals surface area (Å²) in [4.78, 5) is 25.4. The van der Waals surface area contributed by atoms with Crippen LogP contribution in [0.2, 0.25) is 0 Å². The zero-order chi connectivity index (χ0) is 15.0. The lowest BCUT2D eigenvalue weighted by molar-refractivity contribution is -0.148. The molecule has 0 saturated carbocycles. The molecule has 21 heavy (non-hydrogen) atoms. The number of fused-ring (bicyclic) bond motifs is 1. The van der Waals surface area contributed by atoms with E-state index >= 15 is 0 Å². The Morgan fingerprint density at radius 3 is 2.76 bits per heavy atom. The number of aliphatic hydroxyl groups excluding tert-OH is 1. The fourth-order valence-electron chi connectivity index (χ4n) is 3.50. The molecule has 0 bridgehead atoms. The number of carbonyl (C=O) groups is 2. The van der Waals surface area contributed by atoms with Gasteiger partial charge in [0.05, 0.1) is 12.0 Å². The molecule has 5 heteroatoms. The number of rotatable bonds is 2. The third-order valence-electron chi connectivity index (χ3n) is 4.51. The van der Waals surface area contributed by atoms with Gasteiger partial charge in [-0.15, -0.1) is 0 Å². The standard InChI is InChI=1S/C16H19NO4/c18-11-8-14(16(20)21)17(9-11)15(19)13-7-3-5-10-4-1-2-6-12(10)13/h1-2,4,6,11,13-14,18H,3,5,7-9H2,(H,20,21)/t11-,13?,14-/m1/s1. The Hall–Kier alpha value is -1.88. The maximum atomic E-state index is 12.8. The van der Waals surface area contributed by atoms with Crippen LogP contribution in [0.5, 0.6) is 0 Å². The summed E-state index contributed by atoms with van der Waals surface area (Å²) in [6, 6.07) is 6.96. The molecule has 1 unspecified atom stereocenters. The number of hydrogen-bond acceptors (Lipinski definition) is 3. The topological polar surface area (TPSA) is 77.8 Å². The summed E-state index contributed by atoms with van der Waals surface area (Å²) in [5, 5.41) is 18.9. The number of carbonyl (C=O) groups excluding carboxylic acids is 1. The van der Waals surface area contributed by atoms with E-state index in [1.807, 2.05) is 24.3 Å². The lowest BCUT2D eigenvalue weighted by atomic mass is 9.82. The van der Waals surface area contributed by atoms with Gasteiger partial charge < -0.3 is 15.1 Å². The molecule has 112 valence electrons. The van der Waals surface area contributed by atoms with Crippen LogP contribution >= 0.6 is 0 Å². The number of carboxylic acids is 1. The van der Waals surface area contributed by atoms with Gasteiger partial charge in [0.1, 0.15) is 6.04 Å². The van der Waals surface area contributed by atoms with E-state index in [4.69, 9.17) is 0 Å². The molecule has 1 saturated heterocycles. The molecule has 3 rings (SSSR count). The number of aliphatic hydroxyl groups is 1. The second-order valence-corrected chi connectivity index (χ2v) is 5.88. The van der Waals surface area contributed by atoms with Crippen molar-refractivity contribution in [3.63, 3.8) is 0 Å². The second-order valence-electron chi connectivity index (χ2n) is 5.88. The fourth-order valence-corrected chi connectivity index (χ4v) is 3.50. The third kappa shape index (κ3) is 2.53. The van der Waals surface area contributed by atoms with Gasteiger partial charge in [-0.05, 0) is 30.4 Å². The summed E-state index contributed by atoms with van der Waals surface area (Å²) in [7, 11) is 0. The first-order valence-electron chi connectivity index (χ1n) is 7.37. The van der Waals surface area contributed by atoms with Crippen LogP contribution in [-0.2, 0) is 16.0 Å². The zero-order valence-electron chi connectivity index (χ0n) is 11.7. The highest BCUT2D eigenvalue weighted by Gasteiger charge is 2.42. The minimum absolute atomic E-state index is 0.120. The fraction of sp³-hybridized carbons (Fsp3) is 0.500. The molecule has 2 N–H and O–H groups in total. The Labute approximate surface area is 123 Å². The largest absolute Gasteiger partial charge is 0.480 e. The Bertz CT molecular complexity index is 571. The van der Waals surface area contributed by atoms with E-state index < -0.39 is 18.1 Å². The van der Waals surface area contributed by atoms with Crippen LogP contribution < -0.4 is 0 Å². The van der Waals surface area contributed by atoms with E-state index in [2.05, 4.69) is 0 Å². The molecule has 1 aliphatic heterocycles. The summed E-state index contributed by atoms with van der Waals surface area (Å²) in [5.74, 6) is -1.47. The molecule has 1 amide bonds. The van der Waals surface area contributed by atoms with Crippen LogP contribution in [0.3, 0.4) is 0 Å². The van der Waals surface area contributed by atoms with Crippen molar-refractivity contribution in [2.75, 3.05) is 6.54 Å². The quantitative estimate of drug-likeness (QED) is 0.856. The van der Waals surface area contributed by atoms with E-state index in [1.54, 1.807) is 0 Å². The molecule has 0 radical (unpaired) electrons. The van der Waals surface area contributed by atoms with Gasteiger partial charge in [0, 0.05) is 13.0 Å². The van der Waals surface area contributed by atoms with Crippen LogP contribution in [0.1, 0.15) is 36.3 Å². The van der Waals surface area contributed by atoms with Crippen molar-refractivity contribution >= 4 is 11.9 Å². The number of nitrogens with zero attached hydrogens (tertiary/aromatic N) is 1. The van der Waals surface area contributed by atoms with E-state index in [-0.39, 0.29) is 24.8 Å². The molecule has 1 aromatic rings. The molecule has 0 aromatic heterocycles. The normalized spacial score (nSPS) is 28.2. The van der Waals surface area contributed by atoms with Crippen molar-refractivity contribution in [3.8, 4) is 0 Å². The SMILES string of the molecule is O=C(O)[C@H]1C[C@@H](O)CN1C(=O)C1CCCc2ccccc21. The number of aryl methyl sites for hydroxylation is 1. The Kier molecular flexibility index (Phi) is 3.68. The average molecular weight is 289 g/mol. The van der Waals surface area contributed by atoms with Crippen LogP contribution in [0, 0.1) is 0 Å². The number of amides is 1. The maximum Gasteiger partial charge on any atom is 0.326 e. The molecule has 0 spiro atoms. The highest BCUT2D eigenvalue weighted by atomic mass is 16.4. The zero-order valence-corrected chi connectivity index (χ0v) is 11.7. The van der Waals surface area contributed by atoms with Gasteiger partial charge in [-0.1, -0.05) is 24.3 Å². The van der Waals surface area contributed by atoms with Crippen molar-refractivity contribution in [1.82, 2.24) is 4.90 Å². The van der Waals surface area contributed by atoms with E-state index in [9.17, 15) is 19.8 Å². The van der Waals surface area contributed by atoms with Crippen molar-refractivity contribution in [1.29, 1.82) is 0 Å². The molecular weight excluding hydrogens is 270 g/mol. The molecule has 3 atom stereocenters. The van der Waals surface area contributed by atoms with Gasteiger partial charge in [-0.25, -0.2) is 4.79 Å². The minimum atomic E-state index is -1.04. The number of likely N-dealkylation sites (tertiary alicyclic amines) is 1. The first-order chi connectivity index (χ1) is 10.1. The second kappa shape index (κ2) is 5.48. The lowest BCUT2D eigenvalue weighted by Crippen LogP contribution is -2.43. The summed E-state index contributed by atoms with van der Waals surface area (Å²) in [6.45, 7) is 0.120. The van der Waals surface area contributed by atoms with E-state index in [1.165, 1.54) is 10.5 Å². The predicted molar refractivity (Wildman–Crippen MR) is 75.9 cm³/mol. The van der Waals surface area contributed by atoms with Crippen molar-refractivity contribution in [3.05, 3.63) is 35.4 Å².